The third kappa shape index (κ3) is 4.75. The fourth-order valence-corrected chi connectivity index (χ4v) is 6.25. The van der Waals surface area contributed by atoms with E-state index >= 15 is 0 Å². The zero-order chi connectivity index (χ0) is 25.3. The Kier molecular flexibility index (Phi) is 7.10. The highest BCUT2D eigenvalue weighted by molar-refractivity contribution is 7.89. The number of sulfonamides is 1. The van der Waals surface area contributed by atoms with Crippen LogP contribution in [0.4, 0.5) is 0 Å². The summed E-state index contributed by atoms with van der Waals surface area (Å²) < 4.78 is 34.3. The molecule has 2 aliphatic rings. The topological polar surface area (TPSA) is 87.2 Å². The van der Waals surface area contributed by atoms with Crippen molar-refractivity contribution in [3.63, 3.8) is 0 Å². The maximum absolute atomic E-state index is 13.9. The molecule has 1 fully saturated rings. The van der Waals surface area contributed by atoms with Crippen LogP contribution >= 0.6 is 11.6 Å². The Morgan fingerprint density at radius 1 is 1.11 bits per heavy atom. The van der Waals surface area contributed by atoms with Crippen LogP contribution in [0.2, 0.25) is 5.02 Å². The van der Waals surface area contributed by atoms with Crippen LogP contribution in [0.3, 0.4) is 0 Å². The monoisotopic (exact) mass is 517 g/mol. The van der Waals surface area contributed by atoms with Gasteiger partial charge >= 0.3 is 0 Å². The predicted molar refractivity (Wildman–Crippen MR) is 132 cm³/mol. The first-order valence-electron chi connectivity index (χ1n) is 11.4. The number of fused-ring (bicyclic) bond motifs is 1. The second-order valence-corrected chi connectivity index (χ2v) is 10.9. The number of hydrogen-bond donors (Lipinski definition) is 0. The molecule has 0 aromatic heterocycles. The molecule has 1 atom stereocenters. The van der Waals surface area contributed by atoms with Gasteiger partial charge in [0.05, 0.1) is 7.11 Å². The number of carbonyl (C=O) groups is 2. The molecule has 0 radical (unpaired) electrons. The third-order valence-corrected chi connectivity index (χ3v) is 8.22. The minimum atomic E-state index is -4.09. The first-order chi connectivity index (χ1) is 16.7. The number of amides is 2. The van der Waals surface area contributed by atoms with Gasteiger partial charge in [0.1, 0.15) is 22.5 Å². The zero-order valence-electron chi connectivity index (χ0n) is 19.9. The molecule has 0 aliphatic carbocycles. The van der Waals surface area contributed by atoms with Gasteiger partial charge in [-0.1, -0.05) is 36.7 Å². The van der Waals surface area contributed by atoms with E-state index in [4.69, 9.17) is 16.3 Å². The van der Waals surface area contributed by atoms with Crippen molar-refractivity contribution >= 4 is 33.4 Å². The highest BCUT2D eigenvalue weighted by Gasteiger charge is 2.46. The molecule has 10 heteroatoms. The van der Waals surface area contributed by atoms with Crippen LogP contribution in [-0.4, -0.2) is 60.6 Å². The second-order valence-electron chi connectivity index (χ2n) is 8.61. The van der Waals surface area contributed by atoms with E-state index < -0.39 is 16.1 Å². The average molecular weight is 518 g/mol. The molecule has 1 saturated heterocycles. The molecule has 2 aromatic carbocycles. The van der Waals surface area contributed by atoms with Gasteiger partial charge in [0.2, 0.25) is 11.8 Å². The summed E-state index contributed by atoms with van der Waals surface area (Å²) in [7, 11) is -2.67. The molecule has 4 rings (SSSR count). The number of halogens is 1. The fraction of sp³-hybridized carbons (Fsp3) is 0.360. The van der Waals surface area contributed by atoms with E-state index in [2.05, 4.69) is 0 Å². The smallest absolute Gasteiger partial charge is 0.269 e. The molecule has 0 spiro atoms. The van der Waals surface area contributed by atoms with Gasteiger partial charge in [-0.3, -0.25) is 14.5 Å². The Morgan fingerprint density at radius 2 is 1.83 bits per heavy atom. The molecule has 0 N–H and O–H groups in total. The Labute approximate surface area is 210 Å². The SMILES string of the molecule is CCCN1C=C2N(C(=O)CCN2S(=O)(=O)c2cc(C)ccc2OC)C(Cc2ccc(Cl)cc2)C1=O. The van der Waals surface area contributed by atoms with E-state index in [1.165, 1.54) is 27.4 Å². The molecule has 2 amide bonds. The molecule has 35 heavy (non-hydrogen) atoms. The van der Waals surface area contributed by atoms with Gasteiger partial charge in [-0.05, 0) is 48.7 Å². The summed E-state index contributed by atoms with van der Waals surface area (Å²) in [5.41, 5.74) is 1.58. The van der Waals surface area contributed by atoms with Gasteiger partial charge in [0.25, 0.3) is 10.0 Å². The largest absolute Gasteiger partial charge is 0.495 e. The maximum atomic E-state index is 13.9. The molecule has 2 aromatic rings. The summed E-state index contributed by atoms with van der Waals surface area (Å²) in [5, 5.41) is 0.565. The van der Waals surface area contributed by atoms with E-state index in [-0.39, 0.29) is 47.7 Å². The Morgan fingerprint density at radius 3 is 2.49 bits per heavy atom. The Balaban J connectivity index is 1.81. The minimum Gasteiger partial charge on any atom is -0.495 e. The lowest BCUT2D eigenvalue weighted by Gasteiger charge is -2.46. The third-order valence-electron chi connectivity index (χ3n) is 6.14. The summed E-state index contributed by atoms with van der Waals surface area (Å²) in [6.45, 7) is 4.12. The van der Waals surface area contributed by atoms with Crippen molar-refractivity contribution in [2.24, 2.45) is 0 Å². The van der Waals surface area contributed by atoms with E-state index in [9.17, 15) is 18.0 Å². The summed E-state index contributed by atoms with van der Waals surface area (Å²) in [5.74, 6) is -0.139. The number of methoxy groups -OCH3 is 1. The summed E-state index contributed by atoms with van der Waals surface area (Å²) in [6, 6.07) is 11.1. The molecule has 186 valence electrons. The number of benzene rings is 2. The van der Waals surface area contributed by atoms with Crippen molar-refractivity contribution in [2.75, 3.05) is 20.2 Å². The van der Waals surface area contributed by atoms with E-state index in [0.29, 0.717) is 18.0 Å². The molecule has 2 heterocycles. The summed E-state index contributed by atoms with van der Waals surface area (Å²) in [4.78, 5) is 29.4. The summed E-state index contributed by atoms with van der Waals surface area (Å²) >= 11 is 6.01. The van der Waals surface area contributed by atoms with Crippen molar-refractivity contribution in [3.8, 4) is 5.75 Å². The first-order valence-corrected chi connectivity index (χ1v) is 13.3. The van der Waals surface area contributed by atoms with Gasteiger partial charge in [-0.15, -0.1) is 0 Å². The second kappa shape index (κ2) is 9.91. The lowest BCUT2D eigenvalue weighted by atomic mass is 10.0. The molecule has 8 nitrogen and oxygen atoms in total. The lowest BCUT2D eigenvalue weighted by molar-refractivity contribution is -0.147. The highest BCUT2D eigenvalue weighted by Crippen LogP contribution is 2.36. The predicted octanol–water partition coefficient (Wildman–Crippen LogP) is 3.54. The van der Waals surface area contributed by atoms with Gasteiger partial charge in [0.15, 0.2) is 0 Å². The first kappa shape index (κ1) is 25.1. The molecular weight excluding hydrogens is 490 g/mol. The van der Waals surface area contributed by atoms with Crippen molar-refractivity contribution in [3.05, 3.63) is 70.6 Å². The molecular formula is C25H28ClN3O5S. The lowest BCUT2D eigenvalue weighted by Crippen LogP contribution is -2.60. The Hall–Kier alpha value is -3.04. The van der Waals surface area contributed by atoms with Crippen LogP contribution in [0.15, 0.2) is 59.4 Å². The number of hydrogen-bond acceptors (Lipinski definition) is 5. The van der Waals surface area contributed by atoms with Crippen LogP contribution in [0.5, 0.6) is 5.75 Å². The molecule has 1 unspecified atom stereocenters. The van der Waals surface area contributed by atoms with Gasteiger partial charge in [0, 0.05) is 37.2 Å². The van der Waals surface area contributed by atoms with E-state index in [1.807, 2.05) is 6.92 Å². The minimum absolute atomic E-state index is 0.0170. The number of rotatable bonds is 7. The van der Waals surface area contributed by atoms with Gasteiger partial charge in [-0.2, -0.15) is 0 Å². The fourth-order valence-electron chi connectivity index (χ4n) is 4.43. The summed E-state index contributed by atoms with van der Waals surface area (Å²) in [6.07, 6.45) is 2.36. The van der Waals surface area contributed by atoms with Crippen LogP contribution in [-0.2, 0) is 26.0 Å². The maximum Gasteiger partial charge on any atom is 0.269 e. The van der Waals surface area contributed by atoms with Crippen molar-refractivity contribution in [1.82, 2.24) is 14.1 Å². The number of ether oxygens (including phenoxy) is 1. The van der Waals surface area contributed by atoms with Gasteiger partial charge in [-0.25, -0.2) is 12.7 Å². The highest BCUT2D eigenvalue weighted by atomic mass is 35.5. The normalized spacial score (nSPS) is 18.5. The standard InChI is InChI=1S/C25H28ClN3O5S/c1-4-12-27-16-23-28(35(32,33)22-14-17(2)5-10-21(22)34-3)13-11-24(30)29(23)20(25(27)31)15-18-6-8-19(26)9-7-18/h5-10,14,16,20H,4,11-13,15H2,1-3H3. The van der Waals surface area contributed by atoms with Gasteiger partial charge < -0.3 is 9.64 Å². The number of aryl methyl sites for hydroxylation is 1. The quantitative estimate of drug-likeness (QED) is 0.560. The van der Waals surface area contributed by atoms with Crippen LogP contribution in [0.1, 0.15) is 30.9 Å². The molecule has 0 saturated carbocycles. The Bertz CT molecular complexity index is 1280. The van der Waals surface area contributed by atoms with E-state index in [1.54, 1.807) is 49.4 Å². The van der Waals surface area contributed by atoms with Crippen LogP contribution < -0.4 is 4.74 Å². The molecule has 2 aliphatic heterocycles. The van der Waals surface area contributed by atoms with Crippen molar-refractivity contribution in [1.29, 1.82) is 0 Å². The average Bonchev–Trinajstić information content (AvgIpc) is 2.83. The van der Waals surface area contributed by atoms with Crippen LogP contribution in [0.25, 0.3) is 0 Å². The molecule has 0 bridgehead atoms. The van der Waals surface area contributed by atoms with Crippen molar-refractivity contribution in [2.45, 2.75) is 44.0 Å². The van der Waals surface area contributed by atoms with Crippen molar-refractivity contribution < 1.29 is 22.7 Å². The zero-order valence-corrected chi connectivity index (χ0v) is 21.5. The number of nitrogens with zero attached hydrogens (tertiary/aromatic N) is 3. The van der Waals surface area contributed by atoms with Crippen LogP contribution in [0, 0.1) is 6.92 Å². The number of carbonyl (C=O) groups excluding carboxylic acids is 2. The van der Waals surface area contributed by atoms with E-state index in [0.717, 1.165) is 11.1 Å².